The molecular weight excluding hydrogens is 344 g/mol. The van der Waals surface area contributed by atoms with Crippen LogP contribution in [0.3, 0.4) is 0 Å². The molecule has 0 aliphatic heterocycles. The lowest BCUT2D eigenvalue weighted by atomic mass is 10.2. The van der Waals surface area contributed by atoms with Gasteiger partial charge in [-0.3, -0.25) is 4.79 Å². The molecule has 0 aliphatic rings. The molecule has 1 amide bonds. The van der Waals surface area contributed by atoms with Crippen LogP contribution in [0.5, 0.6) is 5.75 Å². The van der Waals surface area contributed by atoms with Crippen molar-refractivity contribution in [2.24, 2.45) is 0 Å². The zero-order valence-electron chi connectivity index (χ0n) is 14.5. The first-order valence-electron chi connectivity index (χ1n) is 8.34. The van der Waals surface area contributed by atoms with E-state index < -0.39 is 0 Å². The van der Waals surface area contributed by atoms with Crippen LogP contribution in [-0.4, -0.2) is 24.5 Å². The molecule has 0 spiro atoms. The van der Waals surface area contributed by atoms with Gasteiger partial charge in [-0.25, -0.2) is 4.98 Å². The van der Waals surface area contributed by atoms with Gasteiger partial charge in [0.25, 0.3) is 0 Å². The Labute approximate surface area is 157 Å². The second kappa shape index (κ2) is 8.97. The fourth-order valence-corrected chi connectivity index (χ4v) is 3.22. The number of hydrogen-bond donors (Lipinski definition) is 1. The molecule has 3 rings (SSSR count). The zero-order valence-corrected chi connectivity index (χ0v) is 15.3. The zero-order chi connectivity index (χ0) is 18.2. The molecule has 0 aliphatic carbocycles. The molecule has 1 heterocycles. The summed E-state index contributed by atoms with van der Waals surface area (Å²) in [5, 5.41) is 5.93. The highest BCUT2D eigenvalue weighted by atomic mass is 32.1. The first-order valence-corrected chi connectivity index (χ1v) is 9.22. The van der Waals surface area contributed by atoms with Crippen molar-refractivity contribution in [1.82, 2.24) is 10.3 Å². The molecule has 0 radical (unpaired) electrons. The van der Waals surface area contributed by atoms with E-state index in [9.17, 15) is 4.79 Å². The lowest BCUT2D eigenvalue weighted by Crippen LogP contribution is -2.23. The Morgan fingerprint density at radius 1 is 1.15 bits per heavy atom. The first-order chi connectivity index (χ1) is 12.7. The van der Waals surface area contributed by atoms with Crippen LogP contribution in [-0.2, 0) is 11.2 Å². The molecule has 0 unspecified atom stereocenters. The molecule has 0 saturated heterocycles. The fourth-order valence-electron chi connectivity index (χ4n) is 2.41. The second-order valence-corrected chi connectivity index (χ2v) is 6.58. The van der Waals surface area contributed by atoms with Crippen molar-refractivity contribution in [2.45, 2.75) is 6.42 Å². The molecule has 132 valence electrons. The van der Waals surface area contributed by atoms with Crippen molar-refractivity contribution in [3.8, 4) is 17.0 Å². The summed E-state index contributed by atoms with van der Waals surface area (Å²) in [6.07, 6.45) is 4.08. The quantitative estimate of drug-likeness (QED) is 0.640. The predicted octanol–water partition coefficient (Wildman–Crippen LogP) is 4.19. The Bertz CT molecular complexity index is 871. The van der Waals surface area contributed by atoms with Gasteiger partial charge < -0.3 is 10.1 Å². The number of amides is 1. The lowest BCUT2D eigenvalue weighted by molar-refractivity contribution is -0.116. The summed E-state index contributed by atoms with van der Waals surface area (Å²) < 4.78 is 5.17. The maximum Gasteiger partial charge on any atom is 0.244 e. The average molecular weight is 364 g/mol. The molecule has 1 N–H and O–H groups in total. The number of nitrogens with one attached hydrogen (secondary N) is 1. The van der Waals surface area contributed by atoms with E-state index in [1.165, 1.54) is 0 Å². The van der Waals surface area contributed by atoms with Gasteiger partial charge in [0, 0.05) is 30.0 Å². The number of nitrogens with zero attached hydrogens (tertiary/aromatic N) is 1. The van der Waals surface area contributed by atoms with E-state index in [2.05, 4.69) is 10.3 Å². The van der Waals surface area contributed by atoms with Crippen molar-refractivity contribution in [1.29, 1.82) is 0 Å². The van der Waals surface area contributed by atoms with Gasteiger partial charge in [0.1, 0.15) is 5.75 Å². The standard InChI is InChI=1S/C21H20N2O2S/c1-25-18-10-8-17(9-11-18)19-15-26-21(23-19)13-14-22-20(24)12-7-16-5-3-2-4-6-16/h2-12,15H,13-14H2,1H3,(H,22,24)/b12-7+. The van der Waals surface area contributed by atoms with Crippen LogP contribution in [0, 0.1) is 0 Å². The molecular formula is C21H20N2O2S. The van der Waals surface area contributed by atoms with Crippen molar-refractivity contribution in [2.75, 3.05) is 13.7 Å². The first kappa shape index (κ1) is 17.9. The molecule has 2 aromatic carbocycles. The molecule has 26 heavy (non-hydrogen) atoms. The summed E-state index contributed by atoms with van der Waals surface area (Å²) in [5.41, 5.74) is 3.01. The van der Waals surface area contributed by atoms with Crippen molar-refractivity contribution in [3.05, 3.63) is 76.6 Å². The third-order valence-electron chi connectivity index (χ3n) is 3.80. The Balaban J connectivity index is 1.48. The van der Waals surface area contributed by atoms with Crippen molar-refractivity contribution < 1.29 is 9.53 Å². The van der Waals surface area contributed by atoms with Gasteiger partial charge in [-0.05, 0) is 35.9 Å². The Morgan fingerprint density at radius 3 is 2.65 bits per heavy atom. The second-order valence-electron chi connectivity index (χ2n) is 5.64. The van der Waals surface area contributed by atoms with E-state index in [0.717, 1.165) is 27.6 Å². The van der Waals surface area contributed by atoms with Crippen LogP contribution in [0.1, 0.15) is 10.6 Å². The van der Waals surface area contributed by atoms with Crippen LogP contribution in [0.2, 0.25) is 0 Å². The minimum atomic E-state index is -0.0965. The van der Waals surface area contributed by atoms with Gasteiger partial charge in [0.2, 0.25) is 5.91 Å². The highest BCUT2D eigenvalue weighted by molar-refractivity contribution is 7.09. The number of rotatable bonds is 7. The van der Waals surface area contributed by atoms with Gasteiger partial charge in [-0.2, -0.15) is 0 Å². The molecule has 3 aromatic rings. The highest BCUT2D eigenvalue weighted by Gasteiger charge is 2.05. The molecule has 0 saturated carbocycles. The summed E-state index contributed by atoms with van der Waals surface area (Å²) >= 11 is 1.60. The number of thiazole rings is 1. The number of hydrogen-bond acceptors (Lipinski definition) is 4. The third-order valence-corrected chi connectivity index (χ3v) is 4.71. The largest absolute Gasteiger partial charge is 0.497 e. The van der Waals surface area contributed by atoms with Crippen molar-refractivity contribution in [3.63, 3.8) is 0 Å². The van der Waals surface area contributed by atoms with Gasteiger partial charge >= 0.3 is 0 Å². The Kier molecular flexibility index (Phi) is 6.17. The Morgan fingerprint density at radius 2 is 1.92 bits per heavy atom. The summed E-state index contributed by atoms with van der Waals surface area (Å²) in [6, 6.07) is 17.6. The SMILES string of the molecule is COc1ccc(-c2csc(CCNC(=O)/C=C/c3ccccc3)n2)cc1. The minimum Gasteiger partial charge on any atom is -0.497 e. The number of methoxy groups -OCH3 is 1. The van der Waals surface area contributed by atoms with Crippen LogP contribution >= 0.6 is 11.3 Å². The van der Waals surface area contributed by atoms with Gasteiger partial charge in [0.05, 0.1) is 17.8 Å². The lowest BCUT2D eigenvalue weighted by Gasteiger charge is -2.01. The maximum absolute atomic E-state index is 11.9. The number of ether oxygens (including phenoxy) is 1. The molecule has 5 heteroatoms. The van der Waals surface area contributed by atoms with Gasteiger partial charge in [-0.1, -0.05) is 30.3 Å². The van der Waals surface area contributed by atoms with E-state index in [1.807, 2.05) is 60.0 Å². The number of carbonyl (C=O) groups excluding carboxylic acids is 1. The number of aromatic nitrogens is 1. The van der Waals surface area contributed by atoms with E-state index in [-0.39, 0.29) is 5.91 Å². The topological polar surface area (TPSA) is 51.2 Å². The molecule has 0 atom stereocenters. The molecule has 0 bridgehead atoms. The average Bonchev–Trinajstić information content (AvgIpc) is 3.16. The molecule has 4 nitrogen and oxygen atoms in total. The van der Waals surface area contributed by atoms with Crippen LogP contribution in [0.15, 0.2) is 66.1 Å². The van der Waals surface area contributed by atoms with Crippen LogP contribution < -0.4 is 10.1 Å². The monoisotopic (exact) mass is 364 g/mol. The maximum atomic E-state index is 11.9. The van der Waals surface area contributed by atoms with Crippen molar-refractivity contribution >= 4 is 23.3 Å². The van der Waals surface area contributed by atoms with E-state index >= 15 is 0 Å². The third kappa shape index (κ3) is 5.04. The highest BCUT2D eigenvalue weighted by Crippen LogP contribution is 2.24. The minimum absolute atomic E-state index is 0.0965. The van der Waals surface area contributed by atoms with Crippen LogP contribution in [0.25, 0.3) is 17.3 Å². The smallest absolute Gasteiger partial charge is 0.244 e. The summed E-state index contributed by atoms with van der Waals surface area (Å²) in [4.78, 5) is 16.5. The molecule has 0 fully saturated rings. The normalized spacial score (nSPS) is 10.8. The number of benzene rings is 2. The Hall–Kier alpha value is -2.92. The molecule has 1 aromatic heterocycles. The van der Waals surface area contributed by atoms with Crippen LogP contribution in [0.4, 0.5) is 0 Å². The summed E-state index contributed by atoms with van der Waals surface area (Å²) in [6.45, 7) is 0.563. The fraction of sp³-hybridized carbons (Fsp3) is 0.143. The van der Waals surface area contributed by atoms with Gasteiger partial charge in [-0.15, -0.1) is 11.3 Å². The predicted molar refractivity (Wildman–Crippen MR) is 106 cm³/mol. The summed E-state index contributed by atoms with van der Waals surface area (Å²) in [7, 11) is 1.65. The van der Waals surface area contributed by atoms with Gasteiger partial charge in [0.15, 0.2) is 0 Å². The van der Waals surface area contributed by atoms with E-state index in [1.54, 1.807) is 30.6 Å². The summed E-state index contributed by atoms with van der Waals surface area (Å²) in [5.74, 6) is 0.733. The van der Waals surface area contributed by atoms with E-state index in [4.69, 9.17) is 4.74 Å². The van der Waals surface area contributed by atoms with E-state index in [0.29, 0.717) is 13.0 Å². The number of carbonyl (C=O) groups is 1.